The van der Waals surface area contributed by atoms with Crippen LogP contribution in [0.1, 0.15) is 28.9 Å². The van der Waals surface area contributed by atoms with Gasteiger partial charge in [-0.1, -0.05) is 29.3 Å². The highest BCUT2D eigenvalue weighted by Crippen LogP contribution is 2.31. The minimum absolute atomic E-state index is 0.0947. The third-order valence-corrected chi connectivity index (χ3v) is 6.45. The van der Waals surface area contributed by atoms with Crippen molar-refractivity contribution in [2.24, 2.45) is 5.41 Å². The predicted octanol–water partition coefficient (Wildman–Crippen LogP) is 4.11. The Morgan fingerprint density at radius 3 is 2.66 bits per heavy atom. The summed E-state index contributed by atoms with van der Waals surface area (Å²) in [5.74, 6) is 0.654. The summed E-state index contributed by atoms with van der Waals surface area (Å²) in [4.78, 5) is 19.2. The average Bonchev–Trinajstić information content (AvgIpc) is 3.36. The van der Waals surface area contributed by atoms with Gasteiger partial charge in [0.25, 0.3) is 5.91 Å². The number of benzene rings is 1. The van der Waals surface area contributed by atoms with E-state index in [4.69, 9.17) is 23.2 Å². The number of aromatic nitrogens is 3. The first-order valence-electron chi connectivity index (χ1n) is 10.3. The zero-order valence-corrected chi connectivity index (χ0v) is 18.9. The molecule has 1 fully saturated rings. The van der Waals surface area contributed by atoms with E-state index >= 15 is 0 Å². The number of carbonyl (C=O) groups excluding carboxylic acids is 1. The van der Waals surface area contributed by atoms with Gasteiger partial charge in [-0.15, -0.1) is 0 Å². The molecule has 1 amide bonds. The van der Waals surface area contributed by atoms with Gasteiger partial charge in [0.15, 0.2) is 5.82 Å². The molecule has 0 radical (unpaired) electrons. The van der Waals surface area contributed by atoms with Crippen molar-refractivity contribution in [3.63, 3.8) is 0 Å². The largest absolute Gasteiger partial charge is 0.339 e. The first-order chi connectivity index (χ1) is 15.5. The second-order valence-electron chi connectivity index (χ2n) is 7.85. The van der Waals surface area contributed by atoms with Crippen molar-refractivity contribution >= 4 is 29.1 Å². The maximum atomic E-state index is 12.8. The van der Waals surface area contributed by atoms with Gasteiger partial charge in [-0.2, -0.15) is 10.4 Å². The number of likely N-dealkylation sites (tertiary alicyclic amines) is 1. The van der Waals surface area contributed by atoms with Crippen molar-refractivity contribution in [1.82, 2.24) is 25.0 Å². The van der Waals surface area contributed by atoms with Crippen LogP contribution in [0.15, 0.2) is 54.9 Å². The second kappa shape index (κ2) is 9.70. The normalized spacial score (nSPS) is 15.3. The standard InChI is InChI=1S/C23H22Cl2N6O/c24-19-6-5-17(13-20(19)25)22(32)30-11-7-23(15-26,8-12-30)16-27-14-18-3-1-4-21(29-18)31-10-2-9-28-31/h1-6,9-10,13,27H,7-8,11-12,14,16H2. The third-order valence-electron chi connectivity index (χ3n) is 5.71. The van der Waals surface area contributed by atoms with E-state index in [1.54, 1.807) is 34.0 Å². The van der Waals surface area contributed by atoms with E-state index in [0.29, 0.717) is 54.6 Å². The Morgan fingerprint density at radius 1 is 1.16 bits per heavy atom. The van der Waals surface area contributed by atoms with Gasteiger partial charge < -0.3 is 10.2 Å². The highest BCUT2D eigenvalue weighted by molar-refractivity contribution is 6.42. The number of halogens is 2. The van der Waals surface area contributed by atoms with E-state index in [1.807, 2.05) is 30.5 Å². The fraction of sp³-hybridized carbons (Fsp3) is 0.304. The average molecular weight is 469 g/mol. The molecular weight excluding hydrogens is 447 g/mol. The minimum atomic E-state index is -0.520. The number of rotatable bonds is 6. The topological polar surface area (TPSA) is 86.8 Å². The molecule has 0 bridgehead atoms. The Morgan fingerprint density at radius 2 is 1.97 bits per heavy atom. The molecule has 0 unspecified atom stereocenters. The Bertz CT molecular complexity index is 1130. The summed E-state index contributed by atoms with van der Waals surface area (Å²) in [7, 11) is 0. The van der Waals surface area contributed by atoms with Crippen LogP contribution < -0.4 is 5.32 Å². The van der Waals surface area contributed by atoms with E-state index in [1.165, 1.54) is 0 Å². The molecule has 0 aliphatic carbocycles. The molecule has 7 nitrogen and oxygen atoms in total. The van der Waals surface area contributed by atoms with Crippen LogP contribution in [0.5, 0.6) is 0 Å². The molecule has 3 aromatic rings. The smallest absolute Gasteiger partial charge is 0.253 e. The Hall–Kier alpha value is -2.92. The van der Waals surface area contributed by atoms with Crippen LogP contribution in [0.2, 0.25) is 10.0 Å². The van der Waals surface area contributed by atoms with Crippen LogP contribution in [0, 0.1) is 16.7 Å². The van der Waals surface area contributed by atoms with Crippen LogP contribution in [-0.4, -0.2) is 45.2 Å². The van der Waals surface area contributed by atoms with Crippen molar-refractivity contribution < 1.29 is 4.79 Å². The van der Waals surface area contributed by atoms with Crippen molar-refractivity contribution in [3.8, 4) is 11.9 Å². The van der Waals surface area contributed by atoms with Gasteiger partial charge in [-0.25, -0.2) is 9.67 Å². The summed E-state index contributed by atoms with van der Waals surface area (Å²) in [5, 5.41) is 18.2. The highest BCUT2D eigenvalue weighted by Gasteiger charge is 2.36. The predicted molar refractivity (Wildman–Crippen MR) is 123 cm³/mol. The monoisotopic (exact) mass is 468 g/mol. The summed E-state index contributed by atoms with van der Waals surface area (Å²) in [6.07, 6.45) is 4.76. The summed E-state index contributed by atoms with van der Waals surface area (Å²) in [5.41, 5.74) is 0.858. The molecule has 3 heterocycles. The molecule has 0 atom stereocenters. The minimum Gasteiger partial charge on any atom is -0.339 e. The molecule has 9 heteroatoms. The van der Waals surface area contributed by atoms with E-state index in [9.17, 15) is 10.1 Å². The van der Waals surface area contributed by atoms with Crippen molar-refractivity contribution in [2.75, 3.05) is 19.6 Å². The molecule has 32 heavy (non-hydrogen) atoms. The Balaban J connectivity index is 1.33. The molecule has 2 aromatic heterocycles. The van der Waals surface area contributed by atoms with Crippen molar-refractivity contribution in [2.45, 2.75) is 19.4 Å². The lowest BCUT2D eigenvalue weighted by atomic mass is 9.79. The molecular formula is C23H22Cl2N6O. The van der Waals surface area contributed by atoms with Gasteiger partial charge >= 0.3 is 0 Å². The van der Waals surface area contributed by atoms with Crippen LogP contribution in [0.4, 0.5) is 0 Å². The molecule has 0 spiro atoms. The molecule has 1 aliphatic rings. The summed E-state index contributed by atoms with van der Waals surface area (Å²) in [6, 6.07) is 15.0. The van der Waals surface area contributed by atoms with E-state index in [-0.39, 0.29) is 5.91 Å². The number of nitrogens with one attached hydrogen (secondary N) is 1. The van der Waals surface area contributed by atoms with Crippen LogP contribution in [-0.2, 0) is 6.54 Å². The molecule has 0 saturated carbocycles. The number of hydrogen-bond donors (Lipinski definition) is 1. The summed E-state index contributed by atoms with van der Waals surface area (Å²) in [6.45, 7) is 2.11. The molecule has 164 valence electrons. The van der Waals surface area contributed by atoms with Crippen molar-refractivity contribution in [1.29, 1.82) is 5.26 Å². The fourth-order valence-electron chi connectivity index (χ4n) is 3.80. The second-order valence-corrected chi connectivity index (χ2v) is 8.67. The zero-order valence-electron chi connectivity index (χ0n) is 17.3. The number of nitrogens with zero attached hydrogens (tertiary/aromatic N) is 5. The molecule has 4 rings (SSSR count). The number of carbonyl (C=O) groups is 1. The van der Waals surface area contributed by atoms with Gasteiger partial charge in [-0.05, 0) is 49.2 Å². The SMILES string of the molecule is N#CC1(CNCc2cccc(-n3cccn3)n2)CCN(C(=O)c2ccc(Cl)c(Cl)c2)CC1. The lowest BCUT2D eigenvalue weighted by molar-refractivity contribution is 0.0646. The van der Waals surface area contributed by atoms with E-state index in [0.717, 1.165) is 11.5 Å². The van der Waals surface area contributed by atoms with Gasteiger partial charge in [0, 0.05) is 44.1 Å². The van der Waals surface area contributed by atoms with E-state index in [2.05, 4.69) is 21.5 Å². The number of hydrogen-bond acceptors (Lipinski definition) is 5. The van der Waals surface area contributed by atoms with Crippen LogP contribution in [0.3, 0.4) is 0 Å². The number of nitriles is 1. The Kier molecular flexibility index (Phi) is 6.75. The maximum absolute atomic E-state index is 12.8. The van der Waals surface area contributed by atoms with Gasteiger partial charge in [-0.3, -0.25) is 4.79 Å². The molecule has 1 aliphatic heterocycles. The summed E-state index contributed by atoms with van der Waals surface area (Å²) >= 11 is 12.0. The van der Waals surface area contributed by atoms with Crippen molar-refractivity contribution in [3.05, 3.63) is 76.2 Å². The van der Waals surface area contributed by atoms with Gasteiger partial charge in [0.2, 0.25) is 0 Å². The first kappa shape index (κ1) is 22.3. The maximum Gasteiger partial charge on any atom is 0.253 e. The quantitative estimate of drug-likeness (QED) is 0.587. The number of amides is 1. The lowest BCUT2D eigenvalue weighted by Crippen LogP contribution is -2.46. The first-order valence-corrected chi connectivity index (χ1v) is 11.1. The van der Waals surface area contributed by atoms with Crippen LogP contribution in [0.25, 0.3) is 5.82 Å². The number of piperidine rings is 1. The lowest BCUT2D eigenvalue weighted by Gasteiger charge is -2.37. The molecule has 1 aromatic carbocycles. The molecule has 1 saturated heterocycles. The highest BCUT2D eigenvalue weighted by atomic mass is 35.5. The zero-order chi connectivity index (χ0) is 22.6. The summed E-state index contributed by atoms with van der Waals surface area (Å²) < 4.78 is 1.71. The number of pyridine rings is 1. The molecule has 1 N–H and O–H groups in total. The van der Waals surface area contributed by atoms with Gasteiger partial charge in [0.05, 0.1) is 27.2 Å². The van der Waals surface area contributed by atoms with E-state index < -0.39 is 5.41 Å². The van der Waals surface area contributed by atoms with Gasteiger partial charge in [0.1, 0.15) is 0 Å². The van der Waals surface area contributed by atoms with Crippen LogP contribution >= 0.6 is 23.2 Å². The fourth-order valence-corrected chi connectivity index (χ4v) is 4.10. The third kappa shape index (κ3) is 4.94. The Labute approximate surface area is 196 Å².